The summed E-state index contributed by atoms with van der Waals surface area (Å²) in [5.41, 5.74) is -0.109. The van der Waals surface area contributed by atoms with Gasteiger partial charge >= 0.3 is 0 Å². The lowest BCUT2D eigenvalue weighted by atomic mass is 9.76. The largest absolute Gasteiger partial charge is 0.320 e. The molecular weight excluding hydrogens is 224 g/mol. The Morgan fingerprint density at radius 2 is 1.94 bits per heavy atom. The Morgan fingerprint density at radius 1 is 1.25 bits per heavy atom. The zero-order valence-corrected chi connectivity index (χ0v) is 11.2. The van der Waals surface area contributed by atoms with Gasteiger partial charge < -0.3 is 5.32 Å². The van der Waals surface area contributed by atoms with Crippen LogP contribution < -0.4 is 10.0 Å². The molecule has 1 rings (SSSR count). The predicted octanol–water partition coefficient (Wildman–Crippen LogP) is 1.24. The molecule has 0 spiro atoms. The summed E-state index contributed by atoms with van der Waals surface area (Å²) < 4.78 is 26.5. The van der Waals surface area contributed by atoms with Crippen LogP contribution in [0.1, 0.15) is 45.4 Å². The summed E-state index contributed by atoms with van der Waals surface area (Å²) in [5.74, 6) is 0.260. The quantitative estimate of drug-likeness (QED) is 0.635. The fourth-order valence-corrected chi connectivity index (χ4v) is 3.80. The molecule has 4 nitrogen and oxygen atoms in total. The number of sulfonamides is 1. The van der Waals surface area contributed by atoms with E-state index in [1.165, 1.54) is 0 Å². The molecular formula is C11H24N2O2S. The Bertz CT molecular complexity index is 292. The van der Waals surface area contributed by atoms with Crippen molar-refractivity contribution in [2.45, 2.75) is 51.0 Å². The molecule has 0 heterocycles. The normalized spacial score (nSPS) is 19.4. The van der Waals surface area contributed by atoms with Crippen LogP contribution in [0.2, 0.25) is 0 Å². The highest BCUT2D eigenvalue weighted by Crippen LogP contribution is 2.35. The summed E-state index contributed by atoms with van der Waals surface area (Å²) in [5, 5.41) is 3.02. The van der Waals surface area contributed by atoms with Gasteiger partial charge in [-0.05, 0) is 52.1 Å². The van der Waals surface area contributed by atoms with Crippen LogP contribution in [0, 0.1) is 0 Å². The van der Waals surface area contributed by atoms with E-state index in [2.05, 4.69) is 17.0 Å². The van der Waals surface area contributed by atoms with Crippen molar-refractivity contribution in [1.82, 2.24) is 10.0 Å². The van der Waals surface area contributed by atoms with Gasteiger partial charge in [0.2, 0.25) is 10.0 Å². The highest BCUT2D eigenvalue weighted by Gasteiger charge is 2.38. The summed E-state index contributed by atoms with van der Waals surface area (Å²) in [7, 11) is -1.19. The van der Waals surface area contributed by atoms with Crippen molar-refractivity contribution in [2.75, 3.05) is 19.3 Å². The van der Waals surface area contributed by atoms with Gasteiger partial charge in [-0.15, -0.1) is 0 Å². The van der Waals surface area contributed by atoms with Crippen molar-refractivity contribution < 1.29 is 8.42 Å². The fourth-order valence-electron chi connectivity index (χ4n) is 2.11. The molecule has 0 atom stereocenters. The Balaban J connectivity index is 2.33. The second-order valence-corrected chi connectivity index (χ2v) is 6.56. The minimum Gasteiger partial charge on any atom is -0.320 e. The Kier molecular flexibility index (Phi) is 5.21. The maximum atomic E-state index is 11.8. The Hall–Kier alpha value is -0.130. The zero-order valence-electron chi connectivity index (χ0n) is 10.4. The van der Waals surface area contributed by atoms with Crippen LogP contribution in [0.5, 0.6) is 0 Å². The molecule has 0 radical (unpaired) electrons. The van der Waals surface area contributed by atoms with Crippen molar-refractivity contribution >= 4 is 10.0 Å². The number of hydrogen-bond acceptors (Lipinski definition) is 3. The van der Waals surface area contributed by atoms with Crippen molar-refractivity contribution in [3.05, 3.63) is 0 Å². The lowest BCUT2D eigenvalue weighted by molar-refractivity contribution is 0.214. The van der Waals surface area contributed by atoms with Gasteiger partial charge in [-0.2, -0.15) is 0 Å². The number of nitrogens with one attached hydrogen (secondary N) is 2. The number of rotatable bonds is 8. The first kappa shape index (κ1) is 13.9. The van der Waals surface area contributed by atoms with E-state index in [1.807, 2.05) is 7.05 Å². The fraction of sp³-hybridized carbons (Fsp3) is 1.00. The van der Waals surface area contributed by atoms with Gasteiger partial charge in [0.15, 0.2) is 0 Å². The molecule has 0 aromatic heterocycles. The van der Waals surface area contributed by atoms with Crippen LogP contribution >= 0.6 is 0 Å². The molecule has 0 aliphatic heterocycles. The van der Waals surface area contributed by atoms with Crippen molar-refractivity contribution in [2.24, 2.45) is 0 Å². The molecule has 0 unspecified atom stereocenters. The maximum absolute atomic E-state index is 11.8. The van der Waals surface area contributed by atoms with E-state index in [0.717, 1.165) is 45.1 Å². The Morgan fingerprint density at radius 3 is 2.38 bits per heavy atom. The van der Waals surface area contributed by atoms with Crippen LogP contribution in [-0.4, -0.2) is 33.3 Å². The van der Waals surface area contributed by atoms with Crippen molar-refractivity contribution in [1.29, 1.82) is 0 Å². The SMILES string of the molecule is CCC1(NS(=O)(=O)CCCCNC)CCC1. The lowest BCUT2D eigenvalue weighted by Gasteiger charge is -2.41. The molecule has 2 N–H and O–H groups in total. The van der Waals surface area contributed by atoms with Gasteiger partial charge in [0.25, 0.3) is 0 Å². The first-order chi connectivity index (χ1) is 7.54. The van der Waals surface area contributed by atoms with E-state index in [9.17, 15) is 8.42 Å². The second-order valence-electron chi connectivity index (χ2n) is 4.72. The molecule has 0 aromatic rings. The van der Waals surface area contributed by atoms with Gasteiger partial charge in [0.1, 0.15) is 0 Å². The topological polar surface area (TPSA) is 58.2 Å². The number of unbranched alkanes of at least 4 members (excludes halogenated alkanes) is 1. The first-order valence-corrected chi connectivity index (χ1v) is 7.85. The minimum absolute atomic E-state index is 0.109. The number of hydrogen-bond donors (Lipinski definition) is 2. The van der Waals surface area contributed by atoms with Gasteiger partial charge in [0.05, 0.1) is 5.75 Å². The zero-order chi connectivity index (χ0) is 12.1. The van der Waals surface area contributed by atoms with Crippen LogP contribution in [0.25, 0.3) is 0 Å². The summed E-state index contributed by atoms with van der Waals surface area (Å²) in [6.45, 7) is 2.94. The average Bonchev–Trinajstić information content (AvgIpc) is 2.19. The second kappa shape index (κ2) is 5.98. The highest BCUT2D eigenvalue weighted by molar-refractivity contribution is 7.89. The van der Waals surface area contributed by atoms with Gasteiger partial charge in [-0.1, -0.05) is 6.92 Å². The average molecular weight is 248 g/mol. The molecule has 5 heteroatoms. The third kappa shape index (κ3) is 4.03. The lowest BCUT2D eigenvalue weighted by Crippen LogP contribution is -2.53. The van der Waals surface area contributed by atoms with Crippen LogP contribution in [0.3, 0.4) is 0 Å². The smallest absolute Gasteiger partial charge is 0.212 e. The van der Waals surface area contributed by atoms with Gasteiger partial charge in [0, 0.05) is 5.54 Å². The molecule has 1 aliphatic carbocycles. The van der Waals surface area contributed by atoms with E-state index in [0.29, 0.717) is 0 Å². The third-order valence-corrected chi connectivity index (χ3v) is 5.02. The van der Waals surface area contributed by atoms with E-state index < -0.39 is 10.0 Å². The Labute approximate surface area is 99.2 Å². The molecule has 16 heavy (non-hydrogen) atoms. The monoisotopic (exact) mass is 248 g/mol. The van der Waals surface area contributed by atoms with Crippen LogP contribution in [0.15, 0.2) is 0 Å². The standard InChI is InChI=1S/C11H24N2O2S/c1-3-11(7-6-8-11)13-16(14,15)10-5-4-9-12-2/h12-13H,3-10H2,1-2H3. The van der Waals surface area contributed by atoms with Gasteiger partial charge in [-0.25, -0.2) is 13.1 Å². The van der Waals surface area contributed by atoms with E-state index >= 15 is 0 Å². The van der Waals surface area contributed by atoms with Crippen LogP contribution in [0.4, 0.5) is 0 Å². The maximum Gasteiger partial charge on any atom is 0.212 e. The summed E-state index contributed by atoms with van der Waals surface area (Å²) in [6, 6.07) is 0. The molecule has 1 saturated carbocycles. The van der Waals surface area contributed by atoms with E-state index in [4.69, 9.17) is 0 Å². The molecule has 1 aliphatic rings. The molecule has 0 saturated heterocycles. The summed E-state index contributed by atoms with van der Waals surface area (Å²) in [6.07, 6.45) is 5.70. The van der Waals surface area contributed by atoms with Crippen LogP contribution in [-0.2, 0) is 10.0 Å². The summed E-state index contributed by atoms with van der Waals surface area (Å²) in [4.78, 5) is 0. The van der Waals surface area contributed by atoms with Crippen molar-refractivity contribution in [3.63, 3.8) is 0 Å². The van der Waals surface area contributed by atoms with E-state index in [-0.39, 0.29) is 11.3 Å². The third-order valence-electron chi connectivity index (χ3n) is 3.45. The minimum atomic E-state index is -3.07. The highest BCUT2D eigenvalue weighted by atomic mass is 32.2. The molecule has 96 valence electrons. The molecule has 1 fully saturated rings. The van der Waals surface area contributed by atoms with E-state index in [1.54, 1.807) is 0 Å². The first-order valence-electron chi connectivity index (χ1n) is 6.20. The predicted molar refractivity (Wildman–Crippen MR) is 67.0 cm³/mol. The molecule has 0 aromatic carbocycles. The molecule has 0 bridgehead atoms. The van der Waals surface area contributed by atoms with Crippen molar-refractivity contribution in [3.8, 4) is 0 Å². The molecule has 0 amide bonds. The van der Waals surface area contributed by atoms with Gasteiger partial charge in [-0.3, -0.25) is 0 Å². The summed E-state index contributed by atoms with van der Waals surface area (Å²) >= 11 is 0.